The van der Waals surface area contributed by atoms with Gasteiger partial charge < -0.3 is 9.47 Å². The van der Waals surface area contributed by atoms with Crippen LogP contribution in [0.25, 0.3) is 0 Å². The van der Waals surface area contributed by atoms with Gasteiger partial charge in [-0.2, -0.15) is 11.8 Å². The topological polar surface area (TPSA) is 18.5 Å². The summed E-state index contributed by atoms with van der Waals surface area (Å²) in [5.74, 6) is 2.16. The third-order valence-electron chi connectivity index (χ3n) is 1.57. The Labute approximate surface area is 59.9 Å². The Bertz CT molecular complexity index is 85.5. The predicted octanol–water partition coefficient (Wildman–Crippen LogP) is 0.765. The first-order chi connectivity index (χ1) is 4.33. The normalized spacial score (nSPS) is 23.3. The predicted molar refractivity (Wildman–Crippen MR) is 38.9 cm³/mol. The zero-order valence-corrected chi connectivity index (χ0v) is 6.66. The largest absolute Gasteiger partial charge is 0.382 e. The minimum atomic E-state index is 0.0550. The second-order valence-corrected chi connectivity index (χ2v) is 3.30. The first-order valence-electron chi connectivity index (χ1n) is 2.95. The lowest BCUT2D eigenvalue weighted by Crippen LogP contribution is -2.49. The van der Waals surface area contributed by atoms with Crippen molar-refractivity contribution in [2.75, 3.05) is 32.3 Å². The molecule has 1 saturated heterocycles. The van der Waals surface area contributed by atoms with E-state index in [1.807, 2.05) is 11.8 Å². The zero-order valence-electron chi connectivity index (χ0n) is 5.85. The molecule has 1 aliphatic rings. The van der Waals surface area contributed by atoms with Gasteiger partial charge in [0.05, 0.1) is 6.61 Å². The van der Waals surface area contributed by atoms with Gasteiger partial charge in [-0.1, -0.05) is 0 Å². The van der Waals surface area contributed by atoms with Crippen LogP contribution < -0.4 is 0 Å². The molecule has 1 aliphatic heterocycles. The van der Waals surface area contributed by atoms with Crippen molar-refractivity contribution in [3.63, 3.8) is 0 Å². The molecular weight excluding hydrogens is 136 g/mol. The van der Waals surface area contributed by atoms with Crippen LogP contribution in [0, 0.1) is 0 Å². The van der Waals surface area contributed by atoms with Crippen LogP contribution in [0.3, 0.4) is 0 Å². The lowest BCUT2D eigenvalue weighted by molar-refractivity contribution is -0.0378. The third-order valence-corrected chi connectivity index (χ3v) is 3.03. The van der Waals surface area contributed by atoms with Crippen molar-refractivity contribution in [3.8, 4) is 0 Å². The van der Waals surface area contributed by atoms with Crippen LogP contribution in [0.1, 0.15) is 0 Å². The molecule has 54 valence electrons. The molecule has 0 amide bonds. The van der Waals surface area contributed by atoms with E-state index in [0.717, 1.165) is 18.1 Å². The van der Waals surface area contributed by atoms with E-state index < -0.39 is 0 Å². The van der Waals surface area contributed by atoms with E-state index in [-0.39, 0.29) is 5.60 Å². The molecule has 3 heteroatoms. The number of hydrogen-bond acceptors (Lipinski definition) is 3. The summed E-state index contributed by atoms with van der Waals surface area (Å²) < 4.78 is 10.3. The molecular formula is C6H12O2S. The quantitative estimate of drug-likeness (QED) is 0.589. The lowest BCUT2D eigenvalue weighted by atomic mass is 10.1. The summed E-state index contributed by atoms with van der Waals surface area (Å²) in [5.41, 5.74) is 0.0550. The molecule has 0 atom stereocenters. The third kappa shape index (κ3) is 1.39. The number of rotatable bonds is 3. The standard InChI is InChI=1S/C6H12O2S/c1-7-3-6(8-2)4-9-5-6/h3-5H2,1-2H3. The highest BCUT2D eigenvalue weighted by atomic mass is 32.2. The van der Waals surface area contributed by atoms with E-state index in [9.17, 15) is 0 Å². The van der Waals surface area contributed by atoms with Crippen molar-refractivity contribution in [2.45, 2.75) is 5.60 Å². The molecule has 0 spiro atoms. The van der Waals surface area contributed by atoms with E-state index in [4.69, 9.17) is 9.47 Å². The second-order valence-electron chi connectivity index (χ2n) is 2.31. The van der Waals surface area contributed by atoms with Gasteiger partial charge in [-0.05, 0) is 0 Å². The van der Waals surface area contributed by atoms with Crippen LogP contribution in [0.5, 0.6) is 0 Å². The molecule has 0 bridgehead atoms. The van der Waals surface area contributed by atoms with Crippen molar-refractivity contribution < 1.29 is 9.47 Å². The van der Waals surface area contributed by atoms with Gasteiger partial charge >= 0.3 is 0 Å². The summed E-state index contributed by atoms with van der Waals surface area (Å²) in [6.07, 6.45) is 0. The highest BCUT2D eigenvalue weighted by Crippen LogP contribution is 2.32. The maximum absolute atomic E-state index is 5.27. The van der Waals surface area contributed by atoms with Crippen LogP contribution in [-0.2, 0) is 9.47 Å². The van der Waals surface area contributed by atoms with Gasteiger partial charge in [-0.3, -0.25) is 0 Å². The zero-order chi connectivity index (χ0) is 6.74. The van der Waals surface area contributed by atoms with Crippen LogP contribution >= 0.6 is 11.8 Å². The van der Waals surface area contributed by atoms with Crippen LogP contribution in [0.2, 0.25) is 0 Å². The molecule has 1 heterocycles. The fourth-order valence-electron chi connectivity index (χ4n) is 0.853. The molecule has 2 nitrogen and oxygen atoms in total. The summed E-state index contributed by atoms with van der Waals surface area (Å²) in [4.78, 5) is 0. The summed E-state index contributed by atoms with van der Waals surface area (Å²) in [5, 5.41) is 0. The Morgan fingerprint density at radius 3 is 2.22 bits per heavy atom. The molecule has 1 fully saturated rings. The minimum Gasteiger partial charge on any atom is -0.382 e. The maximum atomic E-state index is 5.27. The molecule has 0 aromatic carbocycles. The monoisotopic (exact) mass is 148 g/mol. The number of hydrogen-bond donors (Lipinski definition) is 0. The van der Waals surface area contributed by atoms with Gasteiger partial charge in [0.2, 0.25) is 0 Å². The lowest BCUT2D eigenvalue weighted by Gasteiger charge is -2.38. The van der Waals surface area contributed by atoms with Gasteiger partial charge in [-0.15, -0.1) is 0 Å². The van der Waals surface area contributed by atoms with E-state index >= 15 is 0 Å². The van der Waals surface area contributed by atoms with Crippen molar-refractivity contribution >= 4 is 11.8 Å². The molecule has 0 aliphatic carbocycles. The highest BCUT2D eigenvalue weighted by molar-refractivity contribution is 8.00. The first kappa shape index (κ1) is 7.38. The molecule has 0 aromatic heterocycles. The first-order valence-corrected chi connectivity index (χ1v) is 4.10. The highest BCUT2D eigenvalue weighted by Gasteiger charge is 2.37. The Kier molecular flexibility index (Phi) is 2.38. The van der Waals surface area contributed by atoms with E-state index in [0.29, 0.717) is 0 Å². The average Bonchev–Trinajstić information content (AvgIpc) is 1.79. The van der Waals surface area contributed by atoms with Gasteiger partial charge in [0.1, 0.15) is 5.60 Å². The fraction of sp³-hybridized carbons (Fsp3) is 1.00. The van der Waals surface area contributed by atoms with Gasteiger partial charge in [0, 0.05) is 25.7 Å². The maximum Gasteiger partial charge on any atom is 0.109 e. The molecule has 1 rings (SSSR count). The smallest absolute Gasteiger partial charge is 0.109 e. The summed E-state index contributed by atoms with van der Waals surface area (Å²) >= 11 is 1.90. The van der Waals surface area contributed by atoms with Crippen molar-refractivity contribution in [2.24, 2.45) is 0 Å². The molecule has 0 aromatic rings. The van der Waals surface area contributed by atoms with E-state index in [1.54, 1.807) is 14.2 Å². The average molecular weight is 148 g/mol. The van der Waals surface area contributed by atoms with E-state index in [2.05, 4.69) is 0 Å². The van der Waals surface area contributed by atoms with Crippen molar-refractivity contribution in [3.05, 3.63) is 0 Å². The Balaban J connectivity index is 2.28. The van der Waals surface area contributed by atoms with Gasteiger partial charge in [0.15, 0.2) is 0 Å². The molecule has 9 heavy (non-hydrogen) atoms. The second kappa shape index (κ2) is 2.90. The van der Waals surface area contributed by atoms with E-state index in [1.165, 1.54) is 0 Å². The molecule has 0 saturated carbocycles. The minimum absolute atomic E-state index is 0.0550. The Morgan fingerprint density at radius 1 is 1.44 bits per heavy atom. The molecule has 0 N–H and O–H groups in total. The van der Waals surface area contributed by atoms with Crippen LogP contribution in [0.4, 0.5) is 0 Å². The summed E-state index contributed by atoms with van der Waals surface area (Å²) in [6, 6.07) is 0. The van der Waals surface area contributed by atoms with Crippen LogP contribution in [0.15, 0.2) is 0 Å². The fourth-order valence-corrected chi connectivity index (χ4v) is 1.91. The number of thioether (sulfide) groups is 1. The molecule has 0 unspecified atom stereocenters. The molecule has 0 radical (unpaired) electrons. The summed E-state index contributed by atoms with van der Waals surface area (Å²) in [6.45, 7) is 0.733. The Hall–Kier alpha value is 0.270. The van der Waals surface area contributed by atoms with Crippen molar-refractivity contribution in [1.82, 2.24) is 0 Å². The Morgan fingerprint density at radius 2 is 2.11 bits per heavy atom. The number of methoxy groups -OCH3 is 2. The van der Waals surface area contributed by atoms with Gasteiger partial charge in [0.25, 0.3) is 0 Å². The van der Waals surface area contributed by atoms with Crippen LogP contribution in [-0.4, -0.2) is 37.9 Å². The van der Waals surface area contributed by atoms with Gasteiger partial charge in [-0.25, -0.2) is 0 Å². The SMILES string of the molecule is COCC1(OC)CSC1. The van der Waals surface area contributed by atoms with Crippen molar-refractivity contribution in [1.29, 1.82) is 0 Å². The summed E-state index contributed by atoms with van der Waals surface area (Å²) in [7, 11) is 3.46. The number of ether oxygens (including phenoxy) is 2.